The predicted octanol–water partition coefficient (Wildman–Crippen LogP) is 1.52. The molecule has 2 nitrogen and oxygen atoms in total. The first-order valence-electron chi connectivity index (χ1n) is 4.15. The van der Waals surface area contributed by atoms with Crippen molar-refractivity contribution in [3.8, 4) is 0 Å². The molecule has 1 atom stereocenters. The number of benzene rings is 1. The van der Waals surface area contributed by atoms with E-state index in [1.54, 1.807) is 0 Å². The van der Waals surface area contributed by atoms with Gasteiger partial charge in [0.25, 0.3) is 0 Å². The van der Waals surface area contributed by atoms with Gasteiger partial charge in [0.05, 0.1) is 0 Å². The Bertz CT molecular complexity index is 282. The summed E-state index contributed by atoms with van der Waals surface area (Å²) in [4.78, 5) is 10.0. The minimum atomic E-state index is -0.902. The molecule has 3 heteroatoms. The van der Waals surface area contributed by atoms with Crippen LogP contribution >= 0.6 is 0 Å². The van der Waals surface area contributed by atoms with Crippen molar-refractivity contribution in [2.45, 2.75) is 12.2 Å². The Balaban J connectivity index is 2.41. The van der Waals surface area contributed by atoms with E-state index in [4.69, 9.17) is 0 Å². The lowest BCUT2D eigenvalue weighted by Crippen LogP contribution is -2.01. The quantitative estimate of drug-likeness (QED) is 0.669. The lowest BCUT2D eigenvalue weighted by Gasteiger charge is -1.99. The highest BCUT2D eigenvalue weighted by molar-refractivity contribution is 7.84. The van der Waals surface area contributed by atoms with Gasteiger partial charge in [-0.15, -0.1) is 0 Å². The number of hydrogen-bond acceptors (Lipinski definition) is 2. The molecule has 0 saturated carbocycles. The van der Waals surface area contributed by atoms with Gasteiger partial charge in [-0.2, -0.15) is 0 Å². The average molecular weight is 196 g/mol. The maximum absolute atomic E-state index is 11.3. The van der Waals surface area contributed by atoms with Crippen molar-refractivity contribution in [2.24, 2.45) is 0 Å². The highest BCUT2D eigenvalue weighted by Crippen LogP contribution is 2.03. The molecule has 70 valence electrons. The van der Waals surface area contributed by atoms with Gasteiger partial charge in [-0.3, -0.25) is 4.21 Å². The summed E-state index contributed by atoms with van der Waals surface area (Å²) < 4.78 is 11.3. The molecule has 0 radical (unpaired) electrons. The number of rotatable bonds is 5. The summed E-state index contributed by atoms with van der Waals surface area (Å²) in [6.45, 7) is 0. The smallest absolute Gasteiger partial charge is 0.120 e. The molecule has 0 fully saturated rings. The van der Waals surface area contributed by atoms with Crippen LogP contribution in [0.15, 0.2) is 30.3 Å². The number of carbonyl (C=O) groups is 1. The minimum Gasteiger partial charge on any atom is -0.303 e. The summed E-state index contributed by atoms with van der Waals surface area (Å²) in [5.74, 6) is 1.02. The van der Waals surface area contributed by atoms with Crippen LogP contribution in [0.5, 0.6) is 0 Å². The first-order chi connectivity index (χ1) is 6.33. The Labute approximate surface area is 80.4 Å². The van der Waals surface area contributed by atoms with Crippen LogP contribution in [0.25, 0.3) is 0 Å². The Morgan fingerprint density at radius 3 is 2.54 bits per heavy atom. The first-order valence-corrected chi connectivity index (χ1v) is 5.64. The molecule has 0 spiro atoms. The van der Waals surface area contributed by atoms with Crippen LogP contribution in [0.4, 0.5) is 0 Å². The fourth-order valence-corrected chi connectivity index (χ4v) is 2.08. The van der Waals surface area contributed by atoms with E-state index < -0.39 is 10.8 Å². The van der Waals surface area contributed by atoms with Crippen LogP contribution in [0.1, 0.15) is 12.0 Å². The molecule has 0 aliphatic rings. The maximum atomic E-state index is 11.3. The number of hydrogen-bond donors (Lipinski definition) is 0. The first kappa shape index (κ1) is 10.1. The molecular formula is C10H12O2S. The second kappa shape index (κ2) is 5.65. The topological polar surface area (TPSA) is 34.1 Å². The molecule has 0 heterocycles. The fourth-order valence-electron chi connectivity index (χ4n) is 1.01. The normalized spacial score (nSPS) is 12.3. The van der Waals surface area contributed by atoms with Crippen LogP contribution < -0.4 is 0 Å². The molecule has 0 saturated heterocycles. The molecule has 13 heavy (non-hydrogen) atoms. The standard InChI is InChI=1S/C10H12O2S/c11-7-4-8-13(12)9-10-5-2-1-3-6-10/h1-3,5-7H,4,8-9H2. The van der Waals surface area contributed by atoms with E-state index in [9.17, 15) is 9.00 Å². The van der Waals surface area contributed by atoms with Gasteiger partial charge in [0.2, 0.25) is 0 Å². The summed E-state index contributed by atoms with van der Waals surface area (Å²) in [6.07, 6.45) is 1.20. The van der Waals surface area contributed by atoms with Gasteiger partial charge in [-0.25, -0.2) is 0 Å². The molecule has 1 unspecified atom stereocenters. The zero-order valence-electron chi connectivity index (χ0n) is 7.31. The zero-order chi connectivity index (χ0) is 9.52. The van der Waals surface area contributed by atoms with Gasteiger partial charge in [-0.05, 0) is 5.56 Å². The third-order valence-electron chi connectivity index (χ3n) is 1.63. The zero-order valence-corrected chi connectivity index (χ0v) is 8.13. The summed E-state index contributed by atoms with van der Waals surface area (Å²) in [7, 11) is -0.902. The monoisotopic (exact) mass is 196 g/mol. The van der Waals surface area contributed by atoms with Crippen LogP contribution in [0.2, 0.25) is 0 Å². The van der Waals surface area contributed by atoms with E-state index in [0.717, 1.165) is 11.8 Å². The van der Waals surface area contributed by atoms with Crippen LogP contribution in [0.3, 0.4) is 0 Å². The van der Waals surface area contributed by atoms with Crippen LogP contribution in [-0.2, 0) is 21.3 Å². The van der Waals surface area contributed by atoms with E-state index in [1.807, 2.05) is 30.3 Å². The second-order valence-corrected chi connectivity index (χ2v) is 4.31. The predicted molar refractivity (Wildman–Crippen MR) is 53.8 cm³/mol. The Morgan fingerprint density at radius 2 is 1.92 bits per heavy atom. The summed E-state index contributed by atoms with van der Waals surface area (Å²) in [5.41, 5.74) is 1.06. The Kier molecular flexibility index (Phi) is 4.40. The molecule has 1 aromatic carbocycles. The van der Waals surface area contributed by atoms with Crippen molar-refractivity contribution in [3.05, 3.63) is 35.9 Å². The summed E-state index contributed by atoms with van der Waals surface area (Å²) >= 11 is 0. The van der Waals surface area contributed by atoms with E-state index in [0.29, 0.717) is 17.9 Å². The second-order valence-electron chi connectivity index (χ2n) is 2.73. The van der Waals surface area contributed by atoms with E-state index in [2.05, 4.69) is 0 Å². The van der Waals surface area contributed by atoms with E-state index in [-0.39, 0.29) is 0 Å². The highest BCUT2D eigenvalue weighted by atomic mass is 32.2. The van der Waals surface area contributed by atoms with Crippen molar-refractivity contribution in [2.75, 3.05) is 5.75 Å². The molecule has 0 aliphatic heterocycles. The van der Waals surface area contributed by atoms with Gasteiger partial charge >= 0.3 is 0 Å². The van der Waals surface area contributed by atoms with Gasteiger partial charge in [0, 0.05) is 28.7 Å². The van der Waals surface area contributed by atoms with Gasteiger partial charge in [0.1, 0.15) is 6.29 Å². The largest absolute Gasteiger partial charge is 0.303 e. The number of carbonyl (C=O) groups excluding carboxylic acids is 1. The third kappa shape index (κ3) is 3.99. The molecular weight excluding hydrogens is 184 g/mol. The minimum absolute atomic E-state index is 0.388. The average Bonchev–Trinajstić information content (AvgIpc) is 2.16. The van der Waals surface area contributed by atoms with Gasteiger partial charge in [-0.1, -0.05) is 30.3 Å². The molecule has 0 aromatic heterocycles. The van der Waals surface area contributed by atoms with Crippen LogP contribution in [0, 0.1) is 0 Å². The molecule has 0 N–H and O–H groups in total. The van der Waals surface area contributed by atoms with Crippen molar-refractivity contribution in [3.63, 3.8) is 0 Å². The molecule has 0 aliphatic carbocycles. The molecule has 0 amide bonds. The van der Waals surface area contributed by atoms with Crippen molar-refractivity contribution >= 4 is 17.1 Å². The summed E-state index contributed by atoms with van der Waals surface area (Å²) in [5, 5.41) is 0. The maximum Gasteiger partial charge on any atom is 0.120 e. The number of aldehydes is 1. The lowest BCUT2D eigenvalue weighted by atomic mass is 10.2. The summed E-state index contributed by atoms with van der Waals surface area (Å²) in [6, 6.07) is 9.66. The SMILES string of the molecule is O=CCCS(=O)Cc1ccccc1. The molecule has 1 rings (SSSR count). The van der Waals surface area contributed by atoms with E-state index in [1.165, 1.54) is 0 Å². The lowest BCUT2D eigenvalue weighted by molar-refractivity contribution is -0.107. The fraction of sp³-hybridized carbons (Fsp3) is 0.300. The van der Waals surface area contributed by atoms with Crippen LogP contribution in [-0.4, -0.2) is 16.2 Å². The van der Waals surface area contributed by atoms with Gasteiger partial charge in [0.15, 0.2) is 0 Å². The Morgan fingerprint density at radius 1 is 1.23 bits per heavy atom. The highest BCUT2D eigenvalue weighted by Gasteiger charge is 1.99. The Hall–Kier alpha value is -0.960. The molecule has 1 aromatic rings. The van der Waals surface area contributed by atoms with Crippen molar-refractivity contribution < 1.29 is 9.00 Å². The van der Waals surface area contributed by atoms with Crippen molar-refractivity contribution in [1.82, 2.24) is 0 Å². The van der Waals surface area contributed by atoms with Gasteiger partial charge < -0.3 is 4.79 Å². The third-order valence-corrected chi connectivity index (χ3v) is 2.98. The van der Waals surface area contributed by atoms with E-state index >= 15 is 0 Å². The van der Waals surface area contributed by atoms with Crippen molar-refractivity contribution in [1.29, 1.82) is 0 Å². The molecule has 0 bridgehead atoms.